The summed E-state index contributed by atoms with van der Waals surface area (Å²) in [7, 11) is 0. The summed E-state index contributed by atoms with van der Waals surface area (Å²) < 4.78 is 0. The maximum Gasteiger partial charge on any atom is 0.269 e. The van der Waals surface area contributed by atoms with Gasteiger partial charge in [0.1, 0.15) is 5.75 Å². The molecule has 7 heteroatoms. The number of fused-ring (bicyclic) bond motifs is 1. The van der Waals surface area contributed by atoms with Crippen molar-refractivity contribution in [2.45, 2.75) is 6.42 Å². The zero-order chi connectivity index (χ0) is 18.5. The van der Waals surface area contributed by atoms with Gasteiger partial charge in [-0.3, -0.25) is 14.9 Å². The van der Waals surface area contributed by atoms with Crippen molar-refractivity contribution < 1.29 is 14.8 Å². The SMILES string of the molecule is O=C(Cc1ccc([N+](=O)[O-])cc1)NN=Cc1ccc2ccccc2c1O. The predicted molar refractivity (Wildman–Crippen MR) is 98.1 cm³/mol. The minimum absolute atomic E-state index is 0.0287. The smallest absolute Gasteiger partial charge is 0.269 e. The van der Waals surface area contributed by atoms with Crippen LogP contribution < -0.4 is 5.43 Å². The highest BCUT2D eigenvalue weighted by Crippen LogP contribution is 2.27. The molecule has 0 bridgehead atoms. The lowest BCUT2D eigenvalue weighted by molar-refractivity contribution is -0.384. The molecule has 0 heterocycles. The van der Waals surface area contributed by atoms with Crippen molar-refractivity contribution in [1.82, 2.24) is 5.43 Å². The lowest BCUT2D eigenvalue weighted by Crippen LogP contribution is -2.19. The molecule has 1 amide bonds. The number of carbonyl (C=O) groups excluding carboxylic acids is 1. The summed E-state index contributed by atoms with van der Waals surface area (Å²) in [6.45, 7) is 0. The zero-order valence-corrected chi connectivity index (χ0v) is 13.6. The Hall–Kier alpha value is -3.74. The van der Waals surface area contributed by atoms with E-state index in [4.69, 9.17) is 0 Å². The van der Waals surface area contributed by atoms with Gasteiger partial charge in [-0.2, -0.15) is 5.10 Å². The maximum absolute atomic E-state index is 11.9. The quantitative estimate of drug-likeness (QED) is 0.419. The van der Waals surface area contributed by atoms with Crippen LogP contribution in [-0.2, 0) is 11.2 Å². The molecule has 0 aliphatic rings. The van der Waals surface area contributed by atoms with Gasteiger partial charge in [-0.15, -0.1) is 0 Å². The Balaban J connectivity index is 1.64. The molecule has 2 N–H and O–H groups in total. The molecule has 0 radical (unpaired) electrons. The van der Waals surface area contributed by atoms with E-state index in [0.29, 0.717) is 16.5 Å². The molecule has 0 saturated heterocycles. The molecule has 130 valence electrons. The average Bonchev–Trinajstić information content (AvgIpc) is 2.64. The molecular weight excluding hydrogens is 334 g/mol. The minimum atomic E-state index is -0.496. The van der Waals surface area contributed by atoms with Crippen molar-refractivity contribution in [3.8, 4) is 5.75 Å². The van der Waals surface area contributed by atoms with Crippen molar-refractivity contribution in [3.63, 3.8) is 0 Å². The fraction of sp³-hybridized carbons (Fsp3) is 0.0526. The molecule has 0 unspecified atom stereocenters. The number of hydrogen-bond acceptors (Lipinski definition) is 5. The highest BCUT2D eigenvalue weighted by Gasteiger charge is 2.07. The molecule has 7 nitrogen and oxygen atoms in total. The molecular formula is C19H15N3O4. The number of hydrogen-bond donors (Lipinski definition) is 2. The van der Waals surface area contributed by atoms with Crippen LogP contribution in [0.1, 0.15) is 11.1 Å². The number of phenolic OH excluding ortho intramolecular Hbond substituents is 1. The number of phenols is 1. The van der Waals surface area contributed by atoms with E-state index in [1.165, 1.54) is 30.5 Å². The summed E-state index contributed by atoms with van der Waals surface area (Å²) in [5, 5.41) is 26.3. The summed E-state index contributed by atoms with van der Waals surface area (Å²) in [4.78, 5) is 22.0. The Bertz CT molecular complexity index is 997. The zero-order valence-electron chi connectivity index (χ0n) is 13.6. The Labute approximate surface area is 148 Å². The number of carbonyl (C=O) groups is 1. The second kappa shape index (κ2) is 7.43. The third-order valence-corrected chi connectivity index (χ3v) is 3.84. The third kappa shape index (κ3) is 3.84. The first-order valence-electron chi connectivity index (χ1n) is 7.80. The second-order valence-corrected chi connectivity index (χ2v) is 5.62. The number of non-ortho nitro benzene ring substituents is 1. The van der Waals surface area contributed by atoms with Gasteiger partial charge in [0.25, 0.3) is 5.69 Å². The van der Waals surface area contributed by atoms with Crippen molar-refractivity contribution in [2.24, 2.45) is 5.10 Å². The van der Waals surface area contributed by atoms with E-state index in [1.807, 2.05) is 24.3 Å². The van der Waals surface area contributed by atoms with E-state index in [9.17, 15) is 20.0 Å². The number of benzene rings is 3. The van der Waals surface area contributed by atoms with Gasteiger partial charge in [0, 0.05) is 23.1 Å². The topological polar surface area (TPSA) is 105 Å². The standard InChI is InChI=1S/C19H15N3O4/c23-18(11-13-5-9-16(10-6-13)22(25)26)21-20-12-15-8-7-14-3-1-2-4-17(14)19(15)24/h1-10,12,24H,11H2,(H,21,23). The van der Waals surface area contributed by atoms with Crippen LogP contribution in [0.15, 0.2) is 65.8 Å². The van der Waals surface area contributed by atoms with Gasteiger partial charge in [-0.1, -0.05) is 42.5 Å². The van der Waals surface area contributed by atoms with E-state index in [-0.39, 0.29) is 23.8 Å². The van der Waals surface area contributed by atoms with E-state index in [2.05, 4.69) is 10.5 Å². The van der Waals surface area contributed by atoms with Crippen molar-refractivity contribution in [2.75, 3.05) is 0 Å². The maximum atomic E-state index is 11.9. The van der Waals surface area contributed by atoms with E-state index in [0.717, 1.165) is 5.39 Å². The highest BCUT2D eigenvalue weighted by atomic mass is 16.6. The molecule has 3 aromatic carbocycles. The fourth-order valence-corrected chi connectivity index (χ4v) is 2.51. The van der Waals surface area contributed by atoms with Gasteiger partial charge in [-0.25, -0.2) is 5.43 Å². The summed E-state index contributed by atoms with van der Waals surface area (Å²) >= 11 is 0. The predicted octanol–water partition coefficient (Wildman–Crippen LogP) is 3.15. The van der Waals surface area contributed by atoms with Crippen LogP contribution >= 0.6 is 0 Å². The first kappa shape index (κ1) is 17.1. The van der Waals surface area contributed by atoms with Gasteiger partial charge >= 0.3 is 0 Å². The first-order valence-corrected chi connectivity index (χ1v) is 7.80. The second-order valence-electron chi connectivity index (χ2n) is 5.62. The molecule has 3 rings (SSSR count). The summed E-state index contributed by atoms with van der Waals surface area (Å²) in [6, 6.07) is 16.7. The molecule has 0 aliphatic heterocycles. The molecule has 0 fully saturated rings. The number of nitro groups is 1. The first-order chi connectivity index (χ1) is 12.5. The molecule has 0 atom stereocenters. The number of nitrogens with zero attached hydrogens (tertiary/aromatic N) is 2. The number of aromatic hydroxyl groups is 1. The Morgan fingerprint density at radius 3 is 2.58 bits per heavy atom. The minimum Gasteiger partial charge on any atom is -0.507 e. The van der Waals surface area contributed by atoms with Crippen molar-refractivity contribution >= 4 is 28.6 Å². The number of nitro benzene ring substituents is 1. The Kier molecular flexibility index (Phi) is 4.89. The lowest BCUT2D eigenvalue weighted by atomic mass is 10.1. The Morgan fingerprint density at radius 2 is 1.85 bits per heavy atom. The molecule has 3 aromatic rings. The molecule has 0 saturated carbocycles. The molecule has 0 aromatic heterocycles. The number of hydrazone groups is 1. The van der Waals surface area contributed by atoms with Gasteiger partial charge in [0.15, 0.2) is 0 Å². The van der Waals surface area contributed by atoms with E-state index < -0.39 is 4.92 Å². The van der Waals surface area contributed by atoms with Crippen LogP contribution in [0.25, 0.3) is 10.8 Å². The van der Waals surface area contributed by atoms with Crippen LogP contribution in [0.3, 0.4) is 0 Å². The van der Waals surface area contributed by atoms with Gasteiger partial charge in [-0.05, 0) is 17.0 Å². The van der Waals surface area contributed by atoms with Gasteiger partial charge < -0.3 is 5.11 Å². The van der Waals surface area contributed by atoms with Crippen molar-refractivity contribution in [3.05, 3.63) is 81.9 Å². The summed E-state index contributed by atoms with van der Waals surface area (Å²) in [5.41, 5.74) is 3.47. The van der Waals surface area contributed by atoms with Crippen LogP contribution in [0.5, 0.6) is 5.75 Å². The monoisotopic (exact) mass is 349 g/mol. The number of nitrogens with one attached hydrogen (secondary N) is 1. The number of amides is 1. The summed E-state index contributed by atoms with van der Waals surface area (Å²) in [6.07, 6.45) is 1.41. The number of rotatable bonds is 5. The van der Waals surface area contributed by atoms with Crippen LogP contribution in [0.2, 0.25) is 0 Å². The van der Waals surface area contributed by atoms with Crippen LogP contribution in [0.4, 0.5) is 5.69 Å². The third-order valence-electron chi connectivity index (χ3n) is 3.84. The van der Waals surface area contributed by atoms with Gasteiger partial charge in [0.05, 0.1) is 17.6 Å². The molecule has 26 heavy (non-hydrogen) atoms. The van der Waals surface area contributed by atoms with Crippen molar-refractivity contribution in [1.29, 1.82) is 0 Å². The summed E-state index contributed by atoms with van der Waals surface area (Å²) in [5.74, 6) is -0.271. The largest absolute Gasteiger partial charge is 0.507 e. The van der Waals surface area contributed by atoms with E-state index >= 15 is 0 Å². The molecule has 0 aliphatic carbocycles. The van der Waals surface area contributed by atoms with E-state index in [1.54, 1.807) is 12.1 Å². The average molecular weight is 349 g/mol. The van der Waals surface area contributed by atoms with Crippen LogP contribution in [-0.4, -0.2) is 22.2 Å². The highest BCUT2D eigenvalue weighted by molar-refractivity contribution is 5.97. The lowest BCUT2D eigenvalue weighted by Gasteiger charge is -2.04. The molecule has 0 spiro atoms. The normalized spacial score (nSPS) is 10.9. The fourth-order valence-electron chi connectivity index (χ4n) is 2.51. The van der Waals surface area contributed by atoms with Gasteiger partial charge in [0.2, 0.25) is 5.91 Å². The Morgan fingerprint density at radius 1 is 1.12 bits per heavy atom. The van der Waals surface area contributed by atoms with Crippen LogP contribution in [0, 0.1) is 10.1 Å².